The maximum Gasteiger partial charge on any atom is 0.264 e. The van der Waals surface area contributed by atoms with Crippen LogP contribution in [0.25, 0.3) is 11.4 Å². The molecule has 0 unspecified atom stereocenters. The molecule has 2 aromatic carbocycles. The van der Waals surface area contributed by atoms with Gasteiger partial charge in [0.1, 0.15) is 5.75 Å². The van der Waals surface area contributed by atoms with Gasteiger partial charge in [0.25, 0.3) is 5.89 Å². The third-order valence-corrected chi connectivity index (χ3v) is 3.17. The topological polar surface area (TPSA) is 65.2 Å². The number of benzene rings is 2. The quantitative estimate of drug-likeness (QED) is 0.674. The Kier molecular flexibility index (Phi) is 3.96. The first-order valence-corrected chi connectivity index (χ1v) is 6.83. The van der Waals surface area contributed by atoms with E-state index < -0.39 is 0 Å². The number of aromatic nitrogens is 2. The van der Waals surface area contributed by atoms with Gasteiger partial charge in [-0.1, -0.05) is 47.1 Å². The number of aryl methyl sites for hydroxylation is 1. The molecule has 22 heavy (non-hydrogen) atoms. The van der Waals surface area contributed by atoms with Crippen LogP contribution in [0.3, 0.4) is 0 Å². The number of aldehydes is 1. The SMILES string of the molecule is Cc1ccc(-c2noc(COc3ccccc3C=O)n2)cc1. The predicted molar refractivity (Wildman–Crippen MR) is 80.6 cm³/mol. The lowest BCUT2D eigenvalue weighted by atomic mass is 10.1. The number of nitrogens with zero attached hydrogens (tertiary/aromatic N) is 2. The molecule has 5 nitrogen and oxygen atoms in total. The van der Waals surface area contributed by atoms with E-state index in [0.717, 1.165) is 11.8 Å². The molecule has 0 spiro atoms. The molecule has 5 heteroatoms. The highest BCUT2D eigenvalue weighted by Crippen LogP contribution is 2.19. The summed E-state index contributed by atoms with van der Waals surface area (Å²) in [4.78, 5) is 15.2. The van der Waals surface area contributed by atoms with Crippen molar-refractivity contribution in [3.8, 4) is 17.1 Å². The van der Waals surface area contributed by atoms with Gasteiger partial charge in [-0.2, -0.15) is 4.98 Å². The molecule has 0 aliphatic carbocycles. The Balaban J connectivity index is 1.72. The summed E-state index contributed by atoms with van der Waals surface area (Å²) in [5, 5.41) is 3.94. The molecule has 0 bridgehead atoms. The van der Waals surface area contributed by atoms with Gasteiger partial charge in [-0.15, -0.1) is 0 Å². The van der Waals surface area contributed by atoms with Crippen molar-refractivity contribution in [3.63, 3.8) is 0 Å². The highest BCUT2D eigenvalue weighted by molar-refractivity contribution is 5.79. The summed E-state index contributed by atoms with van der Waals surface area (Å²) in [7, 11) is 0. The standard InChI is InChI=1S/C17H14N2O3/c1-12-6-8-13(9-7-12)17-18-16(22-19-17)11-21-15-5-3-2-4-14(15)10-20/h2-10H,11H2,1H3. The van der Waals surface area contributed by atoms with Crippen molar-refractivity contribution in [2.75, 3.05) is 0 Å². The van der Waals surface area contributed by atoms with Gasteiger partial charge in [-0.3, -0.25) is 4.79 Å². The Morgan fingerprint density at radius 3 is 2.68 bits per heavy atom. The zero-order valence-electron chi connectivity index (χ0n) is 12.0. The van der Waals surface area contributed by atoms with Crippen LogP contribution >= 0.6 is 0 Å². The van der Waals surface area contributed by atoms with E-state index in [2.05, 4.69) is 10.1 Å². The Morgan fingerprint density at radius 2 is 1.91 bits per heavy atom. The van der Waals surface area contributed by atoms with Crippen molar-refractivity contribution in [1.29, 1.82) is 0 Å². The second-order valence-electron chi connectivity index (χ2n) is 4.82. The number of carbonyl (C=O) groups excluding carboxylic acids is 1. The van der Waals surface area contributed by atoms with Gasteiger partial charge in [0.15, 0.2) is 12.9 Å². The molecule has 0 aliphatic rings. The molecule has 0 fully saturated rings. The fraction of sp³-hybridized carbons (Fsp3) is 0.118. The second kappa shape index (κ2) is 6.22. The van der Waals surface area contributed by atoms with Crippen LogP contribution in [0, 0.1) is 6.92 Å². The van der Waals surface area contributed by atoms with Crippen LogP contribution in [-0.4, -0.2) is 16.4 Å². The zero-order valence-corrected chi connectivity index (χ0v) is 12.0. The van der Waals surface area contributed by atoms with Crippen LogP contribution < -0.4 is 4.74 Å². The summed E-state index contributed by atoms with van der Waals surface area (Å²) in [6.45, 7) is 2.13. The number of hydrogen-bond acceptors (Lipinski definition) is 5. The Hall–Kier alpha value is -2.95. The van der Waals surface area contributed by atoms with E-state index in [1.807, 2.05) is 31.2 Å². The predicted octanol–water partition coefficient (Wildman–Crippen LogP) is 3.44. The van der Waals surface area contributed by atoms with Gasteiger partial charge >= 0.3 is 0 Å². The molecule has 0 aliphatic heterocycles. The molecular weight excluding hydrogens is 280 g/mol. The lowest BCUT2D eigenvalue weighted by molar-refractivity contribution is 0.111. The van der Waals surface area contributed by atoms with Gasteiger partial charge in [0.2, 0.25) is 5.82 Å². The first kappa shape index (κ1) is 14.0. The molecule has 0 radical (unpaired) electrons. The van der Waals surface area contributed by atoms with E-state index in [0.29, 0.717) is 23.0 Å². The van der Waals surface area contributed by atoms with Crippen molar-refractivity contribution in [2.24, 2.45) is 0 Å². The van der Waals surface area contributed by atoms with Crippen molar-refractivity contribution in [3.05, 3.63) is 65.5 Å². The maximum absolute atomic E-state index is 10.9. The largest absolute Gasteiger partial charge is 0.483 e. The van der Waals surface area contributed by atoms with Gasteiger partial charge in [0, 0.05) is 5.56 Å². The first-order valence-electron chi connectivity index (χ1n) is 6.83. The number of para-hydroxylation sites is 1. The van der Waals surface area contributed by atoms with E-state index in [1.165, 1.54) is 5.56 Å². The van der Waals surface area contributed by atoms with Gasteiger partial charge in [-0.05, 0) is 19.1 Å². The highest BCUT2D eigenvalue weighted by atomic mass is 16.5. The van der Waals surface area contributed by atoms with Crippen LogP contribution in [0.4, 0.5) is 0 Å². The third-order valence-electron chi connectivity index (χ3n) is 3.17. The molecular formula is C17H14N2O3. The monoisotopic (exact) mass is 294 g/mol. The van der Waals surface area contributed by atoms with Gasteiger partial charge < -0.3 is 9.26 Å². The fourth-order valence-electron chi connectivity index (χ4n) is 1.98. The smallest absolute Gasteiger partial charge is 0.264 e. The Bertz CT molecular complexity index is 779. The van der Waals surface area contributed by atoms with Crippen LogP contribution in [0.1, 0.15) is 21.8 Å². The van der Waals surface area contributed by atoms with Crippen LogP contribution in [-0.2, 0) is 6.61 Å². The van der Waals surface area contributed by atoms with E-state index in [1.54, 1.807) is 24.3 Å². The van der Waals surface area contributed by atoms with E-state index >= 15 is 0 Å². The first-order chi connectivity index (χ1) is 10.8. The summed E-state index contributed by atoms with van der Waals surface area (Å²) in [6, 6.07) is 14.8. The van der Waals surface area contributed by atoms with E-state index in [4.69, 9.17) is 9.26 Å². The molecule has 0 atom stereocenters. The Morgan fingerprint density at radius 1 is 1.14 bits per heavy atom. The minimum atomic E-state index is 0.115. The average molecular weight is 294 g/mol. The molecule has 3 rings (SSSR count). The second-order valence-corrected chi connectivity index (χ2v) is 4.82. The van der Waals surface area contributed by atoms with Crippen LogP contribution in [0.2, 0.25) is 0 Å². The lowest BCUT2D eigenvalue weighted by Gasteiger charge is -2.04. The molecule has 0 saturated heterocycles. The van der Waals surface area contributed by atoms with Crippen molar-refractivity contribution in [2.45, 2.75) is 13.5 Å². The summed E-state index contributed by atoms with van der Waals surface area (Å²) in [5.41, 5.74) is 2.54. The van der Waals surface area contributed by atoms with Gasteiger partial charge in [-0.25, -0.2) is 0 Å². The molecule has 0 N–H and O–H groups in total. The fourth-order valence-corrected chi connectivity index (χ4v) is 1.98. The summed E-state index contributed by atoms with van der Waals surface area (Å²) < 4.78 is 10.7. The number of ether oxygens (including phenoxy) is 1. The minimum absolute atomic E-state index is 0.115. The van der Waals surface area contributed by atoms with Gasteiger partial charge in [0.05, 0.1) is 5.56 Å². The molecule has 110 valence electrons. The van der Waals surface area contributed by atoms with Crippen molar-refractivity contribution < 1.29 is 14.1 Å². The lowest BCUT2D eigenvalue weighted by Crippen LogP contribution is -1.98. The third kappa shape index (κ3) is 3.03. The zero-order chi connectivity index (χ0) is 15.4. The van der Waals surface area contributed by atoms with Crippen molar-refractivity contribution >= 4 is 6.29 Å². The van der Waals surface area contributed by atoms with E-state index in [9.17, 15) is 4.79 Å². The number of carbonyl (C=O) groups is 1. The molecule has 0 amide bonds. The number of rotatable bonds is 5. The van der Waals surface area contributed by atoms with Crippen LogP contribution in [0.5, 0.6) is 5.75 Å². The summed E-state index contributed by atoms with van der Waals surface area (Å²) in [5.74, 6) is 1.37. The maximum atomic E-state index is 10.9. The molecule has 1 heterocycles. The molecule has 1 aromatic heterocycles. The average Bonchev–Trinajstić information content (AvgIpc) is 3.03. The summed E-state index contributed by atoms with van der Waals surface area (Å²) in [6.07, 6.45) is 0.751. The minimum Gasteiger partial charge on any atom is -0.483 e. The van der Waals surface area contributed by atoms with Crippen molar-refractivity contribution in [1.82, 2.24) is 10.1 Å². The normalized spacial score (nSPS) is 10.4. The molecule has 3 aromatic rings. The molecule has 0 saturated carbocycles. The highest BCUT2D eigenvalue weighted by Gasteiger charge is 2.10. The summed E-state index contributed by atoms with van der Waals surface area (Å²) >= 11 is 0. The number of hydrogen-bond donors (Lipinski definition) is 0. The van der Waals surface area contributed by atoms with E-state index in [-0.39, 0.29) is 6.61 Å². The van der Waals surface area contributed by atoms with Crippen LogP contribution in [0.15, 0.2) is 53.1 Å². The Labute approximate surface area is 127 Å².